The first kappa shape index (κ1) is 19.6. The number of rotatable bonds is 6. The molecule has 1 amide bonds. The van der Waals surface area contributed by atoms with Crippen LogP contribution in [0.4, 0.5) is 0 Å². The van der Waals surface area contributed by atoms with Crippen molar-refractivity contribution in [2.75, 3.05) is 0 Å². The smallest absolute Gasteiger partial charge is 0.279 e. The molecule has 2 atom stereocenters. The van der Waals surface area contributed by atoms with Gasteiger partial charge < -0.3 is 10.6 Å². The molecule has 0 aliphatic heterocycles. The molecule has 1 fully saturated rings. The van der Waals surface area contributed by atoms with Gasteiger partial charge in [0, 0.05) is 5.56 Å². The predicted octanol–water partition coefficient (Wildman–Crippen LogP) is 3.44. The number of nitrogens with two attached hydrogens (primary N) is 1. The zero-order chi connectivity index (χ0) is 19.3. The maximum Gasteiger partial charge on any atom is 0.279 e. The minimum Gasteiger partial charge on any atom is -0.333 e. The number of amides is 1. The largest absolute Gasteiger partial charge is 0.333 e. The molecule has 0 bridgehead atoms. The van der Waals surface area contributed by atoms with E-state index in [0.717, 1.165) is 32.1 Å². The first-order valence-electron chi connectivity index (χ1n) is 9.71. The Morgan fingerprint density at radius 3 is 2.52 bits per heavy atom. The van der Waals surface area contributed by atoms with Crippen LogP contribution in [-0.2, 0) is 4.79 Å². The van der Waals surface area contributed by atoms with E-state index in [2.05, 4.69) is 59.3 Å². The lowest BCUT2D eigenvalue weighted by molar-refractivity contribution is -0.704. The van der Waals surface area contributed by atoms with Crippen LogP contribution in [0.2, 0.25) is 0 Å². The third kappa shape index (κ3) is 4.77. The maximum atomic E-state index is 12.9. The van der Waals surface area contributed by atoms with Crippen molar-refractivity contribution in [3.63, 3.8) is 0 Å². The van der Waals surface area contributed by atoms with Crippen molar-refractivity contribution in [1.82, 2.24) is 5.32 Å². The van der Waals surface area contributed by atoms with Crippen LogP contribution in [0.1, 0.15) is 61.1 Å². The lowest BCUT2D eigenvalue weighted by Gasteiger charge is -2.32. The van der Waals surface area contributed by atoms with Crippen molar-refractivity contribution in [2.45, 2.75) is 63.6 Å². The third-order valence-electron chi connectivity index (χ3n) is 5.46. The van der Waals surface area contributed by atoms with E-state index in [0.29, 0.717) is 0 Å². The number of nitrogens with zero attached hydrogens (tertiary/aromatic N) is 1. The van der Waals surface area contributed by atoms with Gasteiger partial charge in [-0.25, -0.2) is 0 Å². The summed E-state index contributed by atoms with van der Waals surface area (Å²) in [5, 5.41) is 16.9. The number of benzene rings is 1. The molecule has 4 nitrogen and oxygen atoms in total. The summed E-state index contributed by atoms with van der Waals surface area (Å²) in [5.74, 6) is -0.0490. The Labute approximate surface area is 165 Å². The lowest BCUT2D eigenvalue weighted by atomic mass is 9.82. The molecule has 1 aromatic carbocycles. The van der Waals surface area contributed by atoms with Gasteiger partial charge in [-0.15, -0.1) is 11.3 Å². The minimum absolute atomic E-state index is 0.0490. The van der Waals surface area contributed by atoms with Crippen LogP contribution < -0.4 is 10.6 Å². The number of aryl methyl sites for hydroxylation is 1. The summed E-state index contributed by atoms with van der Waals surface area (Å²) in [6, 6.07) is 14.9. The number of quaternary nitrogens is 1. The van der Waals surface area contributed by atoms with Crippen molar-refractivity contribution in [2.24, 2.45) is 0 Å². The highest BCUT2D eigenvalue weighted by Crippen LogP contribution is 2.28. The number of hydrogen-bond acceptors (Lipinski definition) is 3. The summed E-state index contributed by atoms with van der Waals surface area (Å²) in [4.78, 5) is 14.1. The lowest BCUT2D eigenvalue weighted by Crippen LogP contribution is -2.93. The average molecular weight is 383 g/mol. The Balaban J connectivity index is 1.74. The highest BCUT2D eigenvalue weighted by atomic mass is 32.1. The highest BCUT2D eigenvalue weighted by Gasteiger charge is 2.36. The van der Waals surface area contributed by atoms with E-state index in [9.17, 15) is 10.1 Å². The van der Waals surface area contributed by atoms with Gasteiger partial charge in [-0.1, -0.05) is 55.2 Å². The van der Waals surface area contributed by atoms with Gasteiger partial charge in [0.05, 0.1) is 10.9 Å². The fourth-order valence-corrected chi connectivity index (χ4v) is 4.59. The molecule has 1 aromatic heterocycles. The zero-order valence-electron chi connectivity index (χ0n) is 16.1. The first-order valence-corrected chi connectivity index (χ1v) is 10.6. The van der Waals surface area contributed by atoms with E-state index in [1.165, 1.54) is 16.0 Å². The molecule has 3 N–H and O–H groups in total. The fourth-order valence-electron chi connectivity index (χ4n) is 3.76. The molecular formula is C22H28N3OS+. The zero-order valence-corrected chi connectivity index (χ0v) is 16.9. The minimum atomic E-state index is -0.681. The summed E-state index contributed by atoms with van der Waals surface area (Å²) in [6.07, 6.45) is 4.68. The van der Waals surface area contributed by atoms with Crippen molar-refractivity contribution in [1.29, 1.82) is 5.26 Å². The maximum absolute atomic E-state index is 12.9. The fraction of sp³-hybridized carbons (Fsp3) is 0.455. The molecule has 0 radical (unpaired) electrons. The molecule has 27 heavy (non-hydrogen) atoms. The van der Waals surface area contributed by atoms with Crippen LogP contribution in [0.15, 0.2) is 41.8 Å². The molecule has 0 saturated heterocycles. The normalized spacial score (nSPS) is 18.3. The molecule has 5 heteroatoms. The summed E-state index contributed by atoms with van der Waals surface area (Å²) in [6.45, 7) is 4.01. The molecule has 2 aromatic rings. The molecule has 0 unspecified atom stereocenters. The second-order valence-corrected chi connectivity index (χ2v) is 8.61. The topological polar surface area (TPSA) is 69.5 Å². The quantitative estimate of drug-likeness (QED) is 0.803. The Morgan fingerprint density at radius 1 is 1.22 bits per heavy atom. The monoisotopic (exact) mass is 382 g/mol. The van der Waals surface area contributed by atoms with Gasteiger partial charge in [-0.3, -0.25) is 4.79 Å². The van der Waals surface area contributed by atoms with Crippen molar-refractivity contribution < 1.29 is 10.1 Å². The molecule has 1 aliphatic rings. The van der Waals surface area contributed by atoms with Gasteiger partial charge in [-0.05, 0) is 38.1 Å². The van der Waals surface area contributed by atoms with E-state index in [4.69, 9.17) is 0 Å². The average Bonchev–Trinajstić information content (AvgIpc) is 3.22. The second-order valence-electron chi connectivity index (χ2n) is 7.63. The third-order valence-corrected chi connectivity index (χ3v) is 6.42. The molecule has 1 heterocycles. The van der Waals surface area contributed by atoms with E-state index < -0.39 is 5.54 Å². The molecular weight excluding hydrogens is 354 g/mol. The number of carbonyl (C=O) groups is 1. The van der Waals surface area contributed by atoms with Gasteiger partial charge in [0.25, 0.3) is 5.91 Å². The molecule has 1 aliphatic carbocycles. The van der Waals surface area contributed by atoms with Gasteiger partial charge in [0.15, 0.2) is 6.04 Å². The number of carbonyl (C=O) groups excluding carboxylic acids is 1. The van der Waals surface area contributed by atoms with Crippen molar-refractivity contribution in [3.8, 4) is 6.07 Å². The highest BCUT2D eigenvalue weighted by molar-refractivity contribution is 7.10. The Kier molecular flexibility index (Phi) is 6.30. The number of nitrogens with one attached hydrogen (secondary N) is 1. The van der Waals surface area contributed by atoms with E-state index >= 15 is 0 Å². The van der Waals surface area contributed by atoms with E-state index in [1.54, 1.807) is 11.3 Å². The summed E-state index contributed by atoms with van der Waals surface area (Å²) in [5.41, 5.74) is 1.73. The Hall–Kier alpha value is -2.16. The van der Waals surface area contributed by atoms with Crippen LogP contribution >= 0.6 is 11.3 Å². The van der Waals surface area contributed by atoms with Crippen molar-refractivity contribution >= 4 is 17.2 Å². The van der Waals surface area contributed by atoms with Gasteiger partial charge in [0.1, 0.15) is 11.6 Å². The number of hydrogen-bond donors (Lipinski definition) is 2. The van der Waals surface area contributed by atoms with Gasteiger partial charge in [0.2, 0.25) is 0 Å². The van der Waals surface area contributed by atoms with Gasteiger partial charge in [-0.2, -0.15) is 5.26 Å². The number of nitriles is 1. The SMILES string of the molecule is Cc1ccc([C@H]([NH2+][C@H](C)C(=O)NC2(C#N)CCCCC2)c2cccs2)cc1. The second kappa shape index (κ2) is 8.69. The summed E-state index contributed by atoms with van der Waals surface area (Å²) in [7, 11) is 0. The Bertz CT molecular complexity index is 786. The van der Waals surface area contributed by atoms with E-state index in [-0.39, 0.29) is 18.0 Å². The van der Waals surface area contributed by atoms with Crippen molar-refractivity contribution in [3.05, 3.63) is 57.8 Å². The van der Waals surface area contributed by atoms with Gasteiger partial charge >= 0.3 is 0 Å². The van der Waals surface area contributed by atoms with E-state index in [1.807, 2.05) is 13.0 Å². The molecule has 0 spiro atoms. The molecule has 3 rings (SSSR count). The summed E-state index contributed by atoms with van der Waals surface area (Å²) < 4.78 is 0. The van der Waals surface area contributed by atoms with Crippen LogP contribution in [-0.4, -0.2) is 17.5 Å². The van der Waals surface area contributed by atoms with Crippen LogP contribution in [0.3, 0.4) is 0 Å². The molecule has 1 saturated carbocycles. The first-order chi connectivity index (χ1) is 13.0. The Morgan fingerprint density at radius 2 is 1.93 bits per heavy atom. The van der Waals surface area contributed by atoms with Crippen LogP contribution in [0, 0.1) is 18.3 Å². The summed E-state index contributed by atoms with van der Waals surface area (Å²) >= 11 is 1.71. The molecule has 142 valence electrons. The van der Waals surface area contributed by atoms with Crippen LogP contribution in [0.5, 0.6) is 0 Å². The predicted molar refractivity (Wildman–Crippen MR) is 108 cm³/mol. The number of thiophene rings is 1. The van der Waals surface area contributed by atoms with Crippen LogP contribution in [0.25, 0.3) is 0 Å². The standard InChI is InChI=1S/C22H27N3OS/c1-16-8-10-18(11-9-16)20(19-7-6-14-27-19)24-17(2)21(26)25-22(15-23)12-4-3-5-13-22/h6-11,14,17,20,24H,3-5,12-13H2,1-2H3,(H,25,26)/p+1/t17-,20+/m1/s1.